The first-order chi connectivity index (χ1) is 13.8. The van der Waals surface area contributed by atoms with Crippen molar-refractivity contribution in [2.24, 2.45) is 0 Å². The monoisotopic (exact) mass is 378 g/mol. The van der Waals surface area contributed by atoms with Gasteiger partial charge in [-0.2, -0.15) is 9.61 Å². The highest BCUT2D eigenvalue weighted by atomic mass is 15.4. The smallest absolute Gasteiger partial charge is 0.165 e. The molecule has 0 radical (unpaired) electrons. The number of rotatable bonds is 7. The van der Waals surface area contributed by atoms with E-state index in [1.54, 1.807) is 0 Å². The molecule has 0 amide bonds. The summed E-state index contributed by atoms with van der Waals surface area (Å²) in [5.74, 6) is 1.13. The highest BCUT2D eigenvalue weighted by molar-refractivity contribution is 5.77. The van der Waals surface area contributed by atoms with E-state index in [1.165, 1.54) is 0 Å². The molecule has 28 heavy (non-hydrogen) atoms. The van der Waals surface area contributed by atoms with Gasteiger partial charge in [0, 0.05) is 51.0 Å². The number of anilines is 1. The van der Waals surface area contributed by atoms with Gasteiger partial charge in [-0.25, -0.2) is 4.98 Å². The Morgan fingerprint density at radius 1 is 0.964 bits per heavy atom. The molecule has 0 unspecified atom stereocenters. The van der Waals surface area contributed by atoms with Crippen LogP contribution in [0.25, 0.3) is 16.8 Å². The Morgan fingerprint density at radius 2 is 1.71 bits per heavy atom. The molecule has 1 aromatic carbocycles. The van der Waals surface area contributed by atoms with Crippen LogP contribution in [0.15, 0.2) is 48.8 Å². The molecule has 0 atom stereocenters. The third-order valence-electron chi connectivity index (χ3n) is 5.79. The predicted molar refractivity (Wildman–Crippen MR) is 115 cm³/mol. The topological polar surface area (TPSA) is 39.9 Å². The molecule has 0 N–H and O–H groups in total. The summed E-state index contributed by atoms with van der Waals surface area (Å²) >= 11 is 0. The molecular formula is C22H30N6. The minimum Gasteiger partial charge on any atom is -0.354 e. The van der Waals surface area contributed by atoms with Gasteiger partial charge < -0.3 is 9.80 Å². The van der Waals surface area contributed by atoms with Crippen LogP contribution in [0.4, 0.5) is 5.82 Å². The second kappa shape index (κ2) is 8.71. The zero-order chi connectivity index (χ0) is 19.3. The van der Waals surface area contributed by atoms with E-state index in [2.05, 4.69) is 69.0 Å². The van der Waals surface area contributed by atoms with Crippen molar-refractivity contribution >= 4 is 11.5 Å². The van der Waals surface area contributed by atoms with Gasteiger partial charge in [0.2, 0.25) is 0 Å². The van der Waals surface area contributed by atoms with Gasteiger partial charge in [-0.1, -0.05) is 44.2 Å². The van der Waals surface area contributed by atoms with E-state index in [9.17, 15) is 0 Å². The molecule has 3 heterocycles. The zero-order valence-electron chi connectivity index (χ0n) is 17.0. The van der Waals surface area contributed by atoms with E-state index >= 15 is 0 Å². The van der Waals surface area contributed by atoms with E-state index in [-0.39, 0.29) is 0 Å². The minimum absolute atomic E-state index is 0.924. The number of fused-ring (bicyclic) bond motifs is 1. The molecule has 0 saturated carbocycles. The van der Waals surface area contributed by atoms with Crippen molar-refractivity contribution in [3.8, 4) is 11.1 Å². The van der Waals surface area contributed by atoms with Gasteiger partial charge in [0.05, 0.1) is 6.20 Å². The lowest BCUT2D eigenvalue weighted by Gasteiger charge is -2.36. The molecule has 6 heteroatoms. The molecular weight excluding hydrogens is 348 g/mol. The Labute approximate surface area is 167 Å². The zero-order valence-corrected chi connectivity index (χ0v) is 17.0. The summed E-state index contributed by atoms with van der Waals surface area (Å²) in [6.45, 7) is 13.3. The molecule has 4 rings (SSSR count). The van der Waals surface area contributed by atoms with Crippen LogP contribution in [0, 0.1) is 0 Å². The van der Waals surface area contributed by atoms with Gasteiger partial charge in [-0.05, 0) is 24.7 Å². The summed E-state index contributed by atoms with van der Waals surface area (Å²) in [7, 11) is 0. The van der Waals surface area contributed by atoms with Gasteiger partial charge >= 0.3 is 0 Å². The lowest BCUT2D eigenvalue weighted by atomic mass is 10.1. The maximum absolute atomic E-state index is 4.66. The number of likely N-dealkylation sites (N-methyl/N-ethyl adjacent to an activating group) is 1. The van der Waals surface area contributed by atoms with Gasteiger partial charge in [-0.3, -0.25) is 4.90 Å². The number of hydrogen-bond donors (Lipinski definition) is 0. The number of benzene rings is 1. The van der Waals surface area contributed by atoms with Crippen LogP contribution in [-0.4, -0.2) is 76.8 Å². The van der Waals surface area contributed by atoms with Crippen LogP contribution >= 0.6 is 0 Å². The maximum Gasteiger partial charge on any atom is 0.165 e. The van der Waals surface area contributed by atoms with Crippen molar-refractivity contribution in [1.29, 1.82) is 0 Å². The van der Waals surface area contributed by atoms with E-state index in [0.29, 0.717) is 0 Å². The lowest BCUT2D eigenvalue weighted by molar-refractivity contribution is 0.205. The highest BCUT2D eigenvalue weighted by Crippen LogP contribution is 2.26. The van der Waals surface area contributed by atoms with Crippen LogP contribution in [0.2, 0.25) is 0 Å². The van der Waals surface area contributed by atoms with Gasteiger partial charge in [0.15, 0.2) is 5.65 Å². The van der Waals surface area contributed by atoms with E-state index in [0.717, 1.165) is 74.9 Å². The van der Waals surface area contributed by atoms with Crippen molar-refractivity contribution in [2.75, 3.05) is 57.3 Å². The average Bonchev–Trinajstić information content (AvgIpc) is 3.20. The van der Waals surface area contributed by atoms with Gasteiger partial charge in [0.25, 0.3) is 0 Å². The second-order valence-electron chi connectivity index (χ2n) is 7.32. The predicted octanol–water partition coefficient (Wildman–Crippen LogP) is 2.86. The Bertz CT molecular complexity index is 878. The normalized spacial score (nSPS) is 15.6. The summed E-state index contributed by atoms with van der Waals surface area (Å²) in [6, 6.07) is 12.5. The molecule has 0 spiro atoms. The molecule has 0 bridgehead atoms. The largest absolute Gasteiger partial charge is 0.354 e. The molecule has 1 saturated heterocycles. The summed E-state index contributed by atoms with van der Waals surface area (Å²) in [5.41, 5.74) is 3.16. The lowest BCUT2D eigenvalue weighted by Crippen LogP contribution is -2.49. The molecule has 6 nitrogen and oxygen atoms in total. The first-order valence-corrected chi connectivity index (χ1v) is 10.4. The molecule has 1 aliphatic rings. The average molecular weight is 379 g/mol. The van der Waals surface area contributed by atoms with Crippen molar-refractivity contribution in [2.45, 2.75) is 13.8 Å². The fourth-order valence-electron chi connectivity index (χ4n) is 3.96. The van der Waals surface area contributed by atoms with Crippen LogP contribution in [0.5, 0.6) is 0 Å². The summed E-state index contributed by atoms with van der Waals surface area (Å²) in [4.78, 5) is 12.1. The Hall–Kier alpha value is -2.44. The number of aromatic nitrogens is 3. The Kier molecular flexibility index (Phi) is 5.88. The first-order valence-electron chi connectivity index (χ1n) is 10.4. The van der Waals surface area contributed by atoms with Crippen LogP contribution < -0.4 is 4.90 Å². The maximum atomic E-state index is 4.66. The van der Waals surface area contributed by atoms with Crippen molar-refractivity contribution in [3.05, 3.63) is 48.8 Å². The van der Waals surface area contributed by atoms with E-state index in [1.807, 2.05) is 23.0 Å². The van der Waals surface area contributed by atoms with Gasteiger partial charge in [0.1, 0.15) is 5.82 Å². The summed E-state index contributed by atoms with van der Waals surface area (Å²) in [6.07, 6.45) is 3.84. The van der Waals surface area contributed by atoms with E-state index < -0.39 is 0 Å². The van der Waals surface area contributed by atoms with Crippen LogP contribution in [0.1, 0.15) is 13.8 Å². The highest BCUT2D eigenvalue weighted by Gasteiger charge is 2.20. The van der Waals surface area contributed by atoms with Crippen molar-refractivity contribution in [3.63, 3.8) is 0 Å². The van der Waals surface area contributed by atoms with Gasteiger partial charge in [-0.15, -0.1) is 0 Å². The first kappa shape index (κ1) is 18.9. The SMILES string of the molecule is CCN(CC)CCN1CCN(c2ccnc3c(-c4ccccc4)cnn23)CC1. The summed E-state index contributed by atoms with van der Waals surface area (Å²) < 4.78 is 1.99. The third-order valence-corrected chi connectivity index (χ3v) is 5.79. The number of piperazine rings is 1. The molecule has 2 aromatic heterocycles. The second-order valence-corrected chi connectivity index (χ2v) is 7.32. The fraction of sp³-hybridized carbons (Fsp3) is 0.455. The third kappa shape index (κ3) is 3.88. The van der Waals surface area contributed by atoms with E-state index in [4.69, 9.17) is 0 Å². The minimum atomic E-state index is 0.924. The quantitative estimate of drug-likeness (QED) is 0.632. The Balaban J connectivity index is 1.47. The fourth-order valence-corrected chi connectivity index (χ4v) is 3.96. The van der Waals surface area contributed by atoms with Crippen LogP contribution in [0.3, 0.4) is 0 Å². The Morgan fingerprint density at radius 3 is 2.43 bits per heavy atom. The van der Waals surface area contributed by atoms with Crippen LogP contribution in [-0.2, 0) is 0 Å². The molecule has 1 aliphatic heterocycles. The van der Waals surface area contributed by atoms with Crippen molar-refractivity contribution < 1.29 is 0 Å². The summed E-state index contributed by atoms with van der Waals surface area (Å²) in [5, 5.41) is 4.66. The number of nitrogens with zero attached hydrogens (tertiary/aromatic N) is 6. The molecule has 3 aromatic rings. The molecule has 1 fully saturated rings. The number of hydrogen-bond acceptors (Lipinski definition) is 5. The standard InChI is InChI=1S/C22H30N6/c1-3-25(4-2)12-13-26-14-16-27(17-15-26)21-10-11-23-22-20(18-24-28(21)22)19-8-6-5-7-9-19/h5-11,18H,3-4,12-17H2,1-2H3. The van der Waals surface area contributed by atoms with Crippen molar-refractivity contribution in [1.82, 2.24) is 24.4 Å². The molecule has 0 aliphatic carbocycles. The molecule has 148 valence electrons.